The molecule has 2 rings (SSSR count). The van der Waals surface area contributed by atoms with Crippen LogP contribution in [0.1, 0.15) is 17.3 Å². The molecule has 0 radical (unpaired) electrons. The van der Waals surface area contributed by atoms with Gasteiger partial charge in [-0.15, -0.1) is 0 Å². The third kappa shape index (κ3) is 4.17. The summed E-state index contributed by atoms with van der Waals surface area (Å²) in [5, 5.41) is 1.14. The number of halogens is 2. The number of benzene rings is 1. The van der Waals surface area contributed by atoms with Gasteiger partial charge in [-0.25, -0.2) is 0 Å². The van der Waals surface area contributed by atoms with Crippen LogP contribution in [0.2, 0.25) is 10.0 Å². The van der Waals surface area contributed by atoms with Crippen LogP contribution in [0.5, 0.6) is 0 Å². The lowest BCUT2D eigenvalue weighted by molar-refractivity contribution is 0.252. The molecule has 1 heterocycles. The van der Waals surface area contributed by atoms with E-state index < -0.39 is 0 Å². The predicted octanol–water partition coefficient (Wildman–Crippen LogP) is 3.56. The van der Waals surface area contributed by atoms with Crippen LogP contribution in [-0.4, -0.2) is 30.0 Å². The average Bonchev–Trinajstić information content (AvgIpc) is 2.51. The number of aromatic nitrogens is 1. The highest BCUT2D eigenvalue weighted by atomic mass is 35.5. The van der Waals surface area contributed by atoms with E-state index in [1.807, 2.05) is 43.6 Å². The number of hydrogen-bond donors (Lipinski definition) is 1. The normalized spacial score (nSPS) is 12.6. The number of nitrogens with zero attached hydrogens (tertiary/aromatic N) is 2. The Morgan fingerprint density at radius 1 is 1.19 bits per heavy atom. The molecule has 1 aromatic carbocycles. The maximum absolute atomic E-state index is 6.30. The van der Waals surface area contributed by atoms with Crippen LogP contribution in [0.25, 0.3) is 0 Å². The van der Waals surface area contributed by atoms with E-state index in [1.54, 1.807) is 6.07 Å². The van der Waals surface area contributed by atoms with E-state index >= 15 is 0 Å². The summed E-state index contributed by atoms with van der Waals surface area (Å²) in [6.45, 7) is 1.33. The van der Waals surface area contributed by atoms with Crippen LogP contribution < -0.4 is 5.73 Å². The minimum atomic E-state index is 0.0416. The number of pyridine rings is 1. The molecule has 0 saturated carbocycles. The summed E-state index contributed by atoms with van der Waals surface area (Å²) in [5.74, 6) is 0. The SMILES string of the molecule is CN(CCc1ccccn1)C(CN)c1cccc(Cl)c1Cl. The standard InChI is InChI=1S/C16H19Cl2N3/c1-21(10-8-12-5-2-3-9-20-12)15(11-19)13-6-4-7-14(17)16(13)18/h2-7,9,15H,8,10-11,19H2,1H3. The lowest BCUT2D eigenvalue weighted by Gasteiger charge is -2.28. The second-order valence-corrected chi connectivity index (χ2v) is 5.73. The van der Waals surface area contributed by atoms with Gasteiger partial charge in [0.2, 0.25) is 0 Å². The maximum Gasteiger partial charge on any atom is 0.0640 e. The Balaban J connectivity index is 2.08. The zero-order valence-electron chi connectivity index (χ0n) is 12.0. The first-order valence-electron chi connectivity index (χ1n) is 6.87. The fourth-order valence-corrected chi connectivity index (χ4v) is 2.75. The van der Waals surface area contributed by atoms with Crippen molar-refractivity contribution in [2.75, 3.05) is 20.1 Å². The summed E-state index contributed by atoms with van der Waals surface area (Å²) in [6.07, 6.45) is 2.68. The zero-order chi connectivity index (χ0) is 15.2. The molecular formula is C16H19Cl2N3. The van der Waals surface area contributed by atoms with Crippen molar-refractivity contribution in [3.63, 3.8) is 0 Å². The van der Waals surface area contributed by atoms with E-state index in [1.165, 1.54) is 0 Å². The molecule has 1 atom stereocenters. The second-order valence-electron chi connectivity index (χ2n) is 4.95. The highest BCUT2D eigenvalue weighted by molar-refractivity contribution is 6.42. The Bertz CT molecular complexity index is 575. The molecule has 0 aliphatic heterocycles. The molecule has 0 saturated heterocycles. The van der Waals surface area contributed by atoms with Crippen LogP contribution in [0, 0.1) is 0 Å². The third-order valence-electron chi connectivity index (χ3n) is 3.54. The topological polar surface area (TPSA) is 42.2 Å². The van der Waals surface area contributed by atoms with Gasteiger partial charge in [0.1, 0.15) is 0 Å². The van der Waals surface area contributed by atoms with Gasteiger partial charge in [-0.3, -0.25) is 9.88 Å². The molecule has 0 spiro atoms. The molecule has 2 aromatic rings. The van der Waals surface area contributed by atoms with Crippen LogP contribution in [0.4, 0.5) is 0 Å². The van der Waals surface area contributed by atoms with E-state index in [9.17, 15) is 0 Å². The summed E-state index contributed by atoms with van der Waals surface area (Å²) in [6, 6.07) is 11.6. The van der Waals surface area contributed by atoms with E-state index in [2.05, 4.69) is 9.88 Å². The van der Waals surface area contributed by atoms with E-state index in [4.69, 9.17) is 28.9 Å². The van der Waals surface area contributed by atoms with Crippen LogP contribution in [0.15, 0.2) is 42.6 Å². The minimum absolute atomic E-state index is 0.0416. The van der Waals surface area contributed by atoms with E-state index in [0.29, 0.717) is 16.6 Å². The van der Waals surface area contributed by atoms with Gasteiger partial charge in [0.15, 0.2) is 0 Å². The third-order valence-corrected chi connectivity index (χ3v) is 4.38. The number of hydrogen-bond acceptors (Lipinski definition) is 3. The Morgan fingerprint density at radius 3 is 2.67 bits per heavy atom. The molecule has 0 bridgehead atoms. The van der Waals surface area contributed by atoms with Gasteiger partial charge in [-0.1, -0.05) is 41.4 Å². The van der Waals surface area contributed by atoms with Crippen molar-refractivity contribution in [1.29, 1.82) is 0 Å². The van der Waals surface area contributed by atoms with Gasteiger partial charge >= 0.3 is 0 Å². The van der Waals surface area contributed by atoms with E-state index in [0.717, 1.165) is 24.2 Å². The minimum Gasteiger partial charge on any atom is -0.329 e. The number of nitrogens with two attached hydrogens (primary N) is 1. The van der Waals surface area contributed by atoms with Gasteiger partial charge in [-0.05, 0) is 30.8 Å². The van der Waals surface area contributed by atoms with Gasteiger partial charge in [0, 0.05) is 37.4 Å². The van der Waals surface area contributed by atoms with Gasteiger partial charge in [0.05, 0.1) is 10.0 Å². The molecular weight excluding hydrogens is 305 g/mol. The molecule has 2 N–H and O–H groups in total. The first kappa shape index (κ1) is 16.2. The zero-order valence-corrected chi connectivity index (χ0v) is 13.5. The molecule has 0 fully saturated rings. The molecule has 1 unspecified atom stereocenters. The smallest absolute Gasteiger partial charge is 0.0640 e. The fourth-order valence-electron chi connectivity index (χ4n) is 2.31. The van der Waals surface area contributed by atoms with E-state index in [-0.39, 0.29) is 6.04 Å². The molecule has 0 amide bonds. The Morgan fingerprint density at radius 2 is 2.00 bits per heavy atom. The molecule has 0 aliphatic rings. The second kappa shape index (κ2) is 7.76. The monoisotopic (exact) mass is 323 g/mol. The van der Waals surface area contributed by atoms with Crippen molar-refractivity contribution in [2.45, 2.75) is 12.5 Å². The Labute approximate surface area is 135 Å². The van der Waals surface area contributed by atoms with Crippen molar-refractivity contribution < 1.29 is 0 Å². The summed E-state index contributed by atoms with van der Waals surface area (Å²) in [5.41, 5.74) is 7.97. The Hall–Kier alpha value is -1.13. The predicted molar refractivity (Wildman–Crippen MR) is 88.8 cm³/mol. The Kier molecular flexibility index (Phi) is 6.00. The van der Waals surface area contributed by atoms with Gasteiger partial charge in [0.25, 0.3) is 0 Å². The van der Waals surface area contributed by atoms with Crippen LogP contribution in [-0.2, 0) is 6.42 Å². The molecule has 0 aliphatic carbocycles. The maximum atomic E-state index is 6.30. The molecule has 3 nitrogen and oxygen atoms in total. The molecule has 21 heavy (non-hydrogen) atoms. The number of likely N-dealkylation sites (N-methyl/N-ethyl adjacent to an activating group) is 1. The summed E-state index contributed by atoms with van der Waals surface area (Å²) < 4.78 is 0. The van der Waals surface area contributed by atoms with Crippen molar-refractivity contribution in [2.24, 2.45) is 5.73 Å². The quantitative estimate of drug-likeness (QED) is 0.883. The summed E-state index contributed by atoms with van der Waals surface area (Å²) in [4.78, 5) is 6.52. The fraction of sp³-hybridized carbons (Fsp3) is 0.312. The highest BCUT2D eigenvalue weighted by Gasteiger charge is 2.19. The molecule has 1 aromatic heterocycles. The first-order valence-corrected chi connectivity index (χ1v) is 7.63. The first-order chi connectivity index (χ1) is 10.1. The highest BCUT2D eigenvalue weighted by Crippen LogP contribution is 2.31. The lowest BCUT2D eigenvalue weighted by atomic mass is 10.1. The molecule has 112 valence electrons. The van der Waals surface area contributed by atoms with Crippen molar-refractivity contribution in [3.8, 4) is 0 Å². The largest absolute Gasteiger partial charge is 0.329 e. The van der Waals surface area contributed by atoms with Crippen molar-refractivity contribution >= 4 is 23.2 Å². The van der Waals surface area contributed by atoms with Gasteiger partial charge < -0.3 is 5.73 Å². The summed E-state index contributed by atoms with van der Waals surface area (Å²) in [7, 11) is 2.04. The van der Waals surface area contributed by atoms with Crippen molar-refractivity contribution in [3.05, 3.63) is 63.9 Å². The van der Waals surface area contributed by atoms with Crippen molar-refractivity contribution in [1.82, 2.24) is 9.88 Å². The molecule has 5 heteroatoms. The van der Waals surface area contributed by atoms with Crippen LogP contribution >= 0.6 is 23.2 Å². The lowest BCUT2D eigenvalue weighted by Crippen LogP contribution is -2.32. The summed E-state index contributed by atoms with van der Waals surface area (Å²) >= 11 is 12.4. The van der Waals surface area contributed by atoms with Crippen LogP contribution in [0.3, 0.4) is 0 Å². The van der Waals surface area contributed by atoms with Gasteiger partial charge in [-0.2, -0.15) is 0 Å². The number of rotatable bonds is 6. The average molecular weight is 324 g/mol.